The van der Waals surface area contributed by atoms with Gasteiger partial charge in [0, 0.05) is 24.7 Å². The molecule has 5 heteroatoms. The molecule has 0 amide bonds. The van der Waals surface area contributed by atoms with E-state index in [1.165, 1.54) is 20.3 Å². The van der Waals surface area contributed by atoms with Gasteiger partial charge in [0.25, 0.3) is 0 Å². The van der Waals surface area contributed by atoms with E-state index in [1.54, 1.807) is 30.3 Å². The van der Waals surface area contributed by atoms with Crippen molar-refractivity contribution in [3.8, 4) is 5.75 Å². The quantitative estimate of drug-likeness (QED) is 0.881. The molecule has 1 unspecified atom stereocenters. The molecule has 1 atom stereocenters. The second kappa shape index (κ2) is 5.38. The summed E-state index contributed by atoms with van der Waals surface area (Å²) in [5.74, 6) is -0.512. The molecule has 1 aliphatic rings. The highest BCUT2D eigenvalue weighted by atomic mass is 16.5. The number of hydrogen-bond acceptors (Lipinski definition) is 4. The lowest BCUT2D eigenvalue weighted by Crippen LogP contribution is -2.40. The SMILES string of the molecule is COC1=C(c2ccccc2O)C=CC(OC)(C(=O)O)C1. The molecule has 0 spiro atoms. The number of carboxylic acid groups (broad SMARTS) is 1. The summed E-state index contributed by atoms with van der Waals surface area (Å²) in [6.07, 6.45) is 3.14. The van der Waals surface area contributed by atoms with E-state index in [2.05, 4.69) is 0 Å². The first kappa shape index (κ1) is 14.1. The maximum absolute atomic E-state index is 11.4. The number of phenolic OH excluding ortho intramolecular Hbond substituents is 1. The predicted octanol–water partition coefficient (Wildman–Crippen LogP) is 2.18. The highest BCUT2D eigenvalue weighted by molar-refractivity contribution is 5.87. The number of aliphatic carboxylic acids is 1. The van der Waals surface area contributed by atoms with Crippen LogP contribution < -0.4 is 0 Å². The molecule has 1 aromatic rings. The van der Waals surface area contributed by atoms with E-state index < -0.39 is 11.6 Å². The maximum Gasteiger partial charge on any atom is 0.340 e. The van der Waals surface area contributed by atoms with Gasteiger partial charge in [-0.2, -0.15) is 0 Å². The van der Waals surface area contributed by atoms with Gasteiger partial charge < -0.3 is 19.7 Å². The van der Waals surface area contributed by atoms with Crippen molar-refractivity contribution in [1.82, 2.24) is 0 Å². The monoisotopic (exact) mass is 276 g/mol. The summed E-state index contributed by atoms with van der Waals surface area (Å²) in [7, 11) is 2.81. The molecule has 0 saturated heterocycles. The summed E-state index contributed by atoms with van der Waals surface area (Å²) in [4.78, 5) is 11.4. The molecule has 2 N–H and O–H groups in total. The van der Waals surface area contributed by atoms with Gasteiger partial charge >= 0.3 is 5.97 Å². The lowest BCUT2D eigenvalue weighted by Gasteiger charge is -2.29. The number of ether oxygens (including phenoxy) is 2. The Hall–Kier alpha value is -2.27. The van der Waals surface area contributed by atoms with Crippen LogP contribution in [0.4, 0.5) is 0 Å². The third-order valence-corrected chi connectivity index (χ3v) is 3.41. The second-order valence-electron chi connectivity index (χ2n) is 4.47. The van der Waals surface area contributed by atoms with E-state index in [0.29, 0.717) is 16.9 Å². The summed E-state index contributed by atoms with van der Waals surface area (Å²) in [6.45, 7) is 0. The number of carbonyl (C=O) groups is 1. The molecule has 1 aromatic carbocycles. The van der Waals surface area contributed by atoms with Crippen LogP contribution >= 0.6 is 0 Å². The minimum Gasteiger partial charge on any atom is -0.507 e. The van der Waals surface area contributed by atoms with Crippen LogP contribution in [0, 0.1) is 0 Å². The van der Waals surface area contributed by atoms with E-state index >= 15 is 0 Å². The molecule has 0 fully saturated rings. The summed E-state index contributed by atoms with van der Waals surface area (Å²) in [6, 6.07) is 6.82. The van der Waals surface area contributed by atoms with Crippen LogP contribution in [0.1, 0.15) is 12.0 Å². The zero-order valence-corrected chi connectivity index (χ0v) is 11.3. The van der Waals surface area contributed by atoms with Crippen molar-refractivity contribution in [2.24, 2.45) is 0 Å². The minimum absolute atomic E-state index is 0.0650. The fraction of sp³-hybridized carbons (Fsp3) is 0.267. The fourth-order valence-electron chi connectivity index (χ4n) is 2.20. The average molecular weight is 276 g/mol. The Bertz CT molecular complexity index is 588. The van der Waals surface area contributed by atoms with Gasteiger partial charge in [0.2, 0.25) is 0 Å². The van der Waals surface area contributed by atoms with Crippen molar-refractivity contribution in [3.05, 3.63) is 47.7 Å². The van der Waals surface area contributed by atoms with Crippen LogP contribution in [0.3, 0.4) is 0 Å². The normalized spacial score (nSPS) is 21.9. The molecule has 0 radical (unpaired) electrons. The number of rotatable bonds is 4. The number of para-hydroxylation sites is 1. The summed E-state index contributed by atoms with van der Waals surface area (Å²) in [5.41, 5.74) is -0.186. The molecule has 0 heterocycles. The summed E-state index contributed by atoms with van der Waals surface area (Å²) in [5, 5.41) is 19.2. The van der Waals surface area contributed by atoms with Crippen LogP contribution in [0.2, 0.25) is 0 Å². The van der Waals surface area contributed by atoms with Gasteiger partial charge in [-0.25, -0.2) is 4.79 Å². The molecule has 0 aliphatic heterocycles. The Kier molecular flexibility index (Phi) is 3.81. The molecule has 1 aliphatic carbocycles. The van der Waals surface area contributed by atoms with Gasteiger partial charge in [-0.3, -0.25) is 0 Å². The van der Waals surface area contributed by atoms with Crippen LogP contribution in [-0.2, 0) is 14.3 Å². The van der Waals surface area contributed by atoms with Crippen molar-refractivity contribution < 1.29 is 24.5 Å². The van der Waals surface area contributed by atoms with Gasteiger partial charge in [-0.05, 0) is 12.1 Å². The Labute approximate surface area is 116 Å². The zero-order valence-electron chi connectivity index (χ0n) is 11.3. The summed E-state index contributed by atoms with van der Waals surface area (Å²) >= 11 is 0. The number of allylic oxidation sites excluding steroid dienone is 2. The minimum atomic E-state index is -1.43. The first-order valence-corrected chi connectivity index (χ1v) is 6.07. The Morgan fingerprint density at radius 1 is 1.30 bits per heavy atom. The molecule has 0 aromatic heterocycles. The lowest BCUT2D eigenvalue weighted by molar-refractivity contribution is -0.157. The van der Waals surface area contributed by atoms with E-state index in [0.717, 1.165) is 0 Å². The van der Waals surface area contributed by atoms with E-state index in [-0.39, 0.29) is 12.2 Å². The number of phenols is 1. The van der Waals surface area contributed by atoms with Crippen molar-refractivity contribution in [3.63, 3.8) is 0 Å². The number of hydrogen-bond donors (Lipinski definition) is 2. The Morgan fingerprint density at radius 2 is 2.00 bits per heavy atom. The zero-order chi connectivity index (χ0) is 14.8. The number of carboxylic acids is 1. The number of aromatic hydroxyl groups is 1. The van der Waals surface area contributed by atoms with Gasteiger partial charge in [-0.15, -0.1) is 0 Å². The van der Waals surface area contributed by atoms with Crippen LogP contribution in [-0.4, -0.2) is 36.0 Å². The molecule has 20 heavy (non-hydrogen) atoms. The first-order chi connectivity index (χ1) is 9.54. The van der Waals surface area contributed by atoms with Crippen molar-refractivity contribution in [2.45, 2.75) is 12.0 Å². The van der Waals surface area contributed by atoms with Gasteiger partial charge in [0.15, 0.2) is 5.60 Å². The van der Waals surface area contributed by atoms with Gasteiger partial charge in [0.05, 0.1) is 7.11 Å². The van der Waals surface area contributed by atoms with Crippen LogP contribution in [0.25, 0.3) is 5.57 Å². The smallest absolute Gasteiger partial charge is 0.340 e. The van der Waals surface area contributed by atoms with E-state index in [4.69, 9.17) is 9.47 Å². The van der Waals surface area contributed by atoms with E-state index in [9.17, 15) is 15.0 Å². The fourth-order valence-corrected chi connectivity index (χ4v) is 2.20. The predicted molar refractivity (Wildman–Crippen MR) is 73.2 cm³/mol. The number of methoxy groups -OCH3 is 2. The maximum atomic E-state index is 11.4. The topological polar surface area (TPSA) is 76.0 Å². The lowest BCUT2D eigenvalue weighted by atomic mass is 9.87. The Morgan fingerprint density at radius 3 is 2.55 bits per heavy atom. The molecular formula is C15H16O5. The third-order valence-electron chi connectivity index (χ3n) is 3.41. The van der Waals surface area contributed by atoms with E-state index in [1.807, 2.05) is 0 Å². The van der Waals surface area contributed by atoms with Crippen LogP contribution in [0.15, 0.2) is 42.2 Å². The van der Waals surface area contributed by atoms with Gasteiger partial charge in [0.1, 0.15) is 11.5 Å². The Balaban J connectivity index is 2.49. The highest BCUT2D eigenvalue weighted by Crippen LogP contribution is 2.37. The molecule has 5 nitrogen and oxygen atoms in total. The number of benzene rings is 1. The third kappa shape index (κ3) is 2.28. The molecular weight excluding hydrogens is 260 g/mol. The van der Waals surface area contributed by atoms with Crippen molar-refractivity contribution >= 4 is 11.5 Å². The van der Waals surface area contributed by atoms with Gasteiger partial charge in [-0.1, -0.05) is 24.3 Å². The molecule has 0 saturated carbocycles. The molecule has 106 valence electrons. The highest BCUT2D eigenvalue weighted by Gasteiger charge is 2.40. The summed E-state index contributed by atoms with van der Waals surface area (Å²) < 4.78 is 10.4. The van der Waals surface area contributed by atoms with Crippen LogP contribution in [0.5, 0.6) is 5.75 Å². The standard InChI is InChI=1S/C15H16O5/c1-19-13-9-15(20-2,14(17)18)8-7-11(13)10-5-3-4-6-12(10)16/h3-8,16H,9H2,1-2H3,(H,17,18). The molecule has 2 rings (SSSR count). The van der Waals surface area contributed by atoms with Crippen molar-refractivity contribution in [1.29, 1.82) is 0 Å². The largest absolute Gasteiger partial charge is 0.507 e. The molecule has 0 bridgehead atoms. The average Bonchev–Trinajstić information content (AvgIpc) is 2.47. The first-order valence-electron chi connectivity index (χ1n) is 6.07. The van der Waals surface area contributed by atoms with Crippen molar-refractivity contribution in [2.75, 3.05) is 14.2 Å². The second-order valence-corrected chi connectivity index (χ2v) is 4.47.